The number of urea groups is 1. The molecule has 0 bridgehead atoms. The Morgan fingerprint density at radius 1 is 1.00 bits per heavy atom. The van der Waals surface area contributed by atoms with Crippen LogP contribution in [-0.4, -0.2) is 17.0 Å². The molecule has 0 aliphatic carbocycles. The second-order valence-electron chi connectivity index (χ2n) is 7.22. The monoisotopic (exact) mass is 406 g/mol. The smallest absolute Gasteiger partial charge is 0.322 e. The first-order valence-electron chi connectivity index (χ1n) is 10.1. The van der Waals surface area contributed by atoms with Gasteiger partial charge >= 0.3 is 6.03 Å². The van der Waals surface area contributed by atoms with Crippen LogP contribution < -0.4 is 10.1 Å². The first kappa shape index (κ1) is 21.4. The number of benzene rings is 3. The first-order valence-corrected chi connectivity index (χ1v) is 10.1. The molecule has 0 heterocycles. The summed E-state index contributed by atoms with van der Waals surface area (Å²) in [6, 6.07) is 23.5. The van der Waals surface area contributed by atoms with Crippen molar-refractivity contribution in [1.82, 2.24) is 4.90 Å². The molecule has 3 aromatic rings. The minimum absolute atomic E-state index is 0.00864. The van der Waals surface area contributed by atoms with Crippen molar-refractivity contribution in [3.05, 3.63) is 95.8 Å². The normalized spacial score (nSPS) is 11.6. The number of carbonyl (C=O) groups is 1. The number of carbonyl (C=O) groups excluding carboxylic acids is 1. The Hall–Kier alpha value is -3.34. The maximum atomic E-state index is 14.0. The molecule has 3 rings (SSSR count). The van der Waals surface area contributed by atoms with E-state index in [0.29, 0.717) is 13.2 Å². The SMILES string of the molecule is CCC(C)N(Cc1cccc(OCc2ccccc2)c1)C(=O)Nc1ccccc1F. The molecule has 30 heavy (non-hydrogen) atoms. The largest absolute Gasteiger partial charge is 0.489 e. The first-order chi connectivity index (χ1) is 14.6. The van der Waals surface area contributed by atoms with Crippen LogP contribution in [0, 0.1) is 5.82 Å². The molecule has 5 heteroatoms. The lowest BCUT2D eigenvalue weighted by Gasteiger charge is -2.29. The van der Waals surface area contributed by atoms with Crippen molar-refractivity contribution in [2.45, 2.75) is 39.5 Å². The number of hydrogen-bond donors (Lipinski definition) is 1. The van der Waals surface area contributed by atoms with E-state index in [-0.39, 0.29) is 17.8 Å². The molecule has 0 fully saturated rings. The van der Waals surface area contributed by atoms with E-state index in [1.54, 1.807) is 23.1 Å². The number of nitrogens with one attached hydrogen (secondary N) is 1. The molecule has 156 valence electrons. The summed E-state index contributed by atoms with van der Waals surface area (Å²) in [6.45, 7) is 4.88. The van der Waals surface area contributed by atoms with E-state index >= 15 is 0 Å². The average Bonchev–Trinajstić information content (AvgIpc) is 2.78. The lowest BCUT2D eigenvalue weighted by atomic mass is 10.1. The van der Waals surface area contributed by atoms with Crippen molar-refractivity contribution in [2.75, 3.05) is 5.32 Å². The molecule has 2 amide bonds. The van der Waals surface area contributed by atoms with Crippen LogP contribution in [0.3, 0.4) is 0 Å². The minimum Gasteiger partial charge on any atom is -0.489 e. The maximum absolute atomic E-state index is 14.0. The zero-order valence-corrected chi connectivity index (χ0v) is 17.3. The number of rotatable bonds is 8. The molecular weight excluding hydrogens is 379 g/mol. The van der Waals surface area contributed by atoms with Gasteiger partial charge in [-0.15, -0.1) is 0 Å². The van der Waals surface area contributed by atoms with Crippen LogP contribution in [-0.2, 0) is 13.2 Å². The van der Waals surface area contributed by atoms with E-state index in [9.17, 15) is 9.18 Å². The highest BCUT2D eigenvalue weighted by atomic mass is 19.1. The van der Waals surface area contributed by atoms with Crippen LogP contribution in [0.5, 0.6) is 5.75 Å². The molecule has 4 nitrogen and oxygen atoms in total. The molecule has 1 N–H and O–H groups in total. The molecule has 1 atom stereocenters. The van der Waals surface area contributed by atoms with Gasteiger partial charge in [0.1, 0.15) is 18.2 Å². The van der Waals surface area contributed by atoms with Gasteiger partial charge in [-0.1, -0.05) is 61.5 Å². The topological polar surface area (TPSA) is 41.6 Å². The molecule has 0 radical (unpaired) electrons. The predicted octanol–water partition coefficient (Wildman–Crippen LogP) is 6.24. The summed E-state index contributed by atoms with van der Waals surface area (Å²) in [4.78, 5) is 14.6. The molecule has 0 saturated heterocycles. The van der Waals surface area contributed by atoms with Crippen molar-refractivity contribution in [2.24, 2.45) is 0 Å². The highest BCUT2D eigenvalue weighted by molar-refractivity contribution is 5.89. The number of halogens is 1. The van der Waals surface area contributed by atoms with Gasteiger partial charge in [-0.05, 0) is 48.7 Å². The summed E-state index contributed by atoms with van der Waals surface area (Å²) >= 11 is 0. The van der Waals surface area contributed by atoms with E-state index in [4.69, 9.17) is 4.74 Å². The van der Waals surface area contributed by atoms with Gasteiger partial charge in [0.2, 0.25) is 0 Å². The van der Waals surface area contributed by atoms with Crippen molar-refractivity contribution >= 4 is 11.7 Å². The van der Waals surface area contributed by atoms with Gasteiger partial charge in [0.15, 0.2) is 0 Å². The Morgan fingerprint density at radius 3 is 2.43 bits per heavy atom. The molecule has 0 aliphatic rings. The zero-order valence-electron chi connectivity index (χ0n) is 17.3. The highest BCUT2D eigenvalue weighted by Crippen LogP contribution is 2.20. The Kier molecular flexibility index (Phi) is 7.44. The van der Waals surface area contributed by atoms with Crippen LogP contribution in [0.15, 0.2) is 78.9 Å². The standard InChI is InChI=1S/C25H27FN2O2/c1-3-19(2)28(25(29)27-24-15-8-7-14-23(24)26)17-21-12-9-13-22(16-21)30-18-20-10-5-4-6-11-20/h4-16,19H,3,17-18H2,1-2H3,(H,27,29). The quantitative estimate of drug-likeness (QED) is 0.481. The van der Waals surface area contributed by atoms with Gasteiger partial charge in [0, 0.05) is 12.6 Å². The molecule has 0 spiro atoms. The van der Waals surface area contributed by atoms with E-state index < -0.39 is 5.82 Å². The summed E-state index contributed by atoms with van der Waals surface area (Å²) in [7, 11) is 0. The number of amides is 2. The molecule has 3 aromatic carbocycles. The number of anilines is 1. The molecular formula is C25H27FN2O2. The summed E-state index contributed by atoms with van der Waals surface area (Å²) < 4.78 is 19.9. The summed E-state index contributed by atoms with van der Waals surface area (Å²) in [5, 5.41) is 2.69. The Balaban J connectivity index is 1.70. The fourth-order valence-corrected chi connectivity index (χ4v) is 3.07. The van der Waals surface area contributed by atoms with Gasteiger partial charge < -0.3 is 15.0 Å². The van der Waals surface area contributed by atoms with Crippen LogP contribution in [0.1, 0.15) is 31.4 Å². The van der Waals surface area contributed by atoms with Gasteiger partial charge in [0.05, 0.1) is 5.69 Å². The molecule has 0 saturated carbocycles. The Morgan fingerprint density at radius 2 is 1.70 bits per heavy atom. The molecule has 0 aromatic heterocycles. The van der Waals surface area contributed by atoms with Gasteiger partial charge in [-0.3, -0.25) is 0 Å². The lowest BCUT2D eigenvalue weighted by Crippen LogP contribution is -2.40. The van der Waals surface area contributed by atoms with Crippen LogP contribution in [0.4, 0.5) is 14.9 Å². The van der Waals surface area contributed by atoms with Crippen LogP contribution in [0.2, 0.25) is 0 Å². The summed E-state index contributed by atoms with van der Waals surface area (Å²) in [6.07, 6.45) is 0.787. The zero-order chi connectivity index (χ0) is 21.3. The number of nitrogens with zero attached hydrogens (tertiary/aromatic N) is 1. The van der Waals surface area contributed by atoms with E-state index in [2.05, 4.69) is 5.32 Å². The third kappa shape index (κ3) is 5.83. The summed E-state index contributed by atoms with van der Waals surface area (Å²) in [5.74, 6) is 0.293. The fraction of sp³-hybridized carbons (Fsp3) is 0.240. The average molecular weight is 407 g/mol. The fourth-order valence-electron chi connectivity index (χ4n) is 3.07. The van der Waals surface area contributed by atoms with Crippen molar-refractivity contribution in [3.8, 4) is 5.75 Å². The third-order valence-corrected chi connectivity index (χ3v) is 5.00. The van der Waals surface area contributed by atoms with Crippen molar-refractivity contribution < 1.29 is 13.9 Å². The molecule has 1 unspecified atom stereocenters. The second kappa shape index (κ2) is 10.4. The maximum Gasteiger partial charge on any atom is 0.322 e. The van der Waals surface area contributed by atoms with E-state index in [1.165, 1.54) is 6.07 Å². The Bertz CT molecular complexity index is 962. The second-order valence-corrected chi connectivity index (χ2v) is 7.22. The van der Waals surface area contributed by atoms with E-state index in [1.807, 2.05) is 68.4 Å². The number of hydrogen-bond acceptors (Lipinski definition) is 2. The van der Waals surface area contributed by atoms with Gasteiger partial charge in [0.25, 0.3) is 0 Å². The van der Waals surface area contributed by atoms with E-state index in [0.717, 1.165) is 23.3 Å². The van der Waals surface area contributed by atoms with Crippen molar-refractivity contribution in [1.29, 1.82) is 0 Å². The Labute approximate surface area is 177 Å². The lowest BCUT2D eigenvalue weighted by molar-refractivity contribution is 0.186. The number of ether oxygens (including phenoxy) is 1. The number of para-hydroxylation sites is 1. The third-order valence-electron chi connectivity index (χ3n) is 5.00. The van der Waals surface area contributed by atoms with Crippen LogP contribution >= 0.6 is 0 Å². The van der Waals surface area contributed by atoms with Gasteiger partial charge in [-0.2, -0.15) is 0 Å². The van der Waals surface area contributed by atoms with Crippen molar-refractivity contribution in [3.63, 3.8) is 0 Å². The summed E-state index contributed by atoms with van der Waals surface area (Å²) in [5.41, 5.74) is 2.22. The van der Waals surface area contributed by atoms with Gasteiger partial charge in [-0.25, -0.2) is 9.18 Å². The highest BCUT2D eigenvalue weighted by Gasteiger charge is 2.20. The van der Waals surface area contributed by atoms with Crippen LogP contribution in [0.25, 0.3) is 0 Å². The minimum atomic E-state index is -0.453. The molecule has 0 aliphatic heterocycles. The predicted molar refractivity (Wildman–Crippen MR) is 118 cm³/mol.